The van der Waals surface area contributed by atoms with Gasteiger partial charge in [0.2, 0.25) is 0 Å². The fourth-order valence-corrected chi connectivity index (χ4v) is 3.13. The van der Waals surface area contributed by atoms with Crippen LogP contribution >= 0.6 is 39.1 Å². The van der Waals surface area contributed by atoms with Gasteiger partial charge in [-0.3, -0.25) is 0 Å². The molecule has 1 atom stereocenters. The molecule has 0 saturated carbocycles. The van der Waals surface area contributed by atoms with Crippen molar-refractivity contribution in [2.45, 2.75) is 19.4 Å². The zero-order chi connectivity index (χ0) is 14.5. The highest BCUT2D eigenvalue weighted by atomic mass is 79.9. The van der Waals surface area contributed by atoms with Gasteiger partial charge in [-0.25, -0.2) is 0 Å². The van der Waals surface area contributed by atoms with Crippen LogP contribution in [0.1, 0.15) is 30.5 Å². The zero-order valence-electron chi connectivity index (χ0n) is 11.2. The molecule has 20 heavy (non-hydrogen) atoms. The molecule has 106 valence electrons. The molecule has 2 aromatic carbocycles. The Kier molecular flexibility index (Phi) is 5.91. The molecule has 0 bridgehead atoms. The Labute approximate surface area is 138 Å². The highest BCUT2D eigenvalue weighted by molar-refractivity contribution is 9.10. The highest BCUT2D eigenvalue weighted by Gasteiger charge is 2.14. The number of nitrogens with one attached hydrogen (secondary N) is 1. The van der Waals surface area contributed by atoms with E-state index in [2.05, 4.69) is 34.2 Å². The summed E-state index contributed by atoms with van der Waals surface area (Å²) in [4.78, 5) is 0. The minimum Gasteiger partial charge on any atom is -0.306 e. The number of rotatable bonds is 5. The van der Waals surface area contributed by atoms with Crippen LogP contribution in [0.5, 0.6) is 0 Å². The van der Waals surface area contributed by atoms with Crippen molar-refractivity contribution in [3.05, 3.63) is 68.1 Å². The fraction of sp³-hybridized carbons (Fsp3) is 0.250. The molecule has 2 rings (SSSR count). The summed E-state index contributed by atoms with van der Waals surface area (Å²) in [6.45, 7) is 3.09. The van der Waals surface area contributed by atoms with E-state index in [1.165, 1.54) is 5.56 Å². The van der Waals surface area contributed by atoms with Gasteiger partial charge < -0.3 is 5.32 Å². The van der Waals surface area contributed by atoms with E-state index in [1.807, 2.05) is 36.4 Å². The Bertz CT molecular complexity index is 549. The van der Waals surface area contributed by atoms with Crippen molar-refractivity contribution >= 4 is 39.1 Å². The SMILES string of the molecule is CCCNC(c1ccc(Cl)cc1)c1cc(Cl)cc(Br)c1. The predicted octanol–water partition coefficient (Wildman–Crippen LogP) is 5.84. The molecule has 0 aliphatic carbocycles. The predicted molar refractivity (Wildman–Crippen MR) is 90.7 cm³/mol. The van der Waals surface area contributed by atoms with Gasteiger partial charge in [-0.15, -0.1) is 0 Å². The molecule has 0 radical (unpaired) electrons. The second-order valence-corrected chi connectivity index (χ2v) is 6.43. The Morgan fingerprint density at radius 1 is 1.00 bits per heavy atom. The van der Waals surface area contributed by atoms with Crippen molar-refractivity contribution in [3.8, 4) is 0 Å². The second kappa shape index (κ2) is 7.46. The topological polar surface area (TPSA) is 12.0 Å². The molecule has 0 aromatic heterocycles. The lowest BCUT2D eigenvalue weighted by Crippen LogP contribution is -2.23. The summed E-state index contributed by atoms with van der Waals surface area (Å²) < 4.78 is 0.984. The van der Waals surface area contributed by atoms with Crippen LogP contribution in [0.15, 0.2) is 46.9 Å². The van der Waals surface area contributed by atoms with Crippen LogP contribution < -0.4 is 5.32 Å². The smallest absolute Gasteiger partial charge is 0.0577 e. The van der Waals surface area contributed by atoms with Gasteiger partial charge in [0.15, 0.2) is 0 Å². The van der Waals surface area contributed by atoms with Gasteiger partial charge in [0, 0.05) is 14.5 Å². The third-order valence-electron chi connectivity index (χ3n) is 3.02. The molecule has 0 heterocycles. The Morgan fingerprint density at radius 3 is 2.30 bits per heavy atom. The maximum absolute atomic E-state index is 6.16. The first kappa shape index (κ1) is 15.8. The van der Waals surface area contributed by atoms with E-state index < -0.39 is 0 Å². The summed E-state index contributed by atoms with van der Waals surface area (Å²) in [5.74, 6) is 0. The molecular formula is C16H16BrCl2N. The zero-order valence-corrected chi connectivity index (χ0v) is 14.3. The van der Waals surface area contributed by atoms with Crippen LogP contribution in [0.3, 0.4) is 0 Å². The normalized spacial score (nSPS) is 12.4. The van der Waals surface area contributed by atoms with Crippen LogP contribution in [-0.2, 0) is 0 Å². The average molecular weight is 373 g/mol. The summed E-state index contributed by atoms with van der Waals surface area (Å²) in [7, 11) is 0. The van der Waals surface area contributed by atoms with E-state index >= 15 is 0 Å². The molecule has 4 heteroatoms. The third-order valence-corrected chi connectivity index (χ3v) is 3.95. The lowest BCUT2D eigenvalue weighted by molar-refractivity contribution is 0.598. The van der Waals surface area contributed by atoms with Crippen molar-refractivity contribution in [1.82, 2.24) is 5.32 Å². The van der Waals surface area contributed by atoms with Gasteiger partial charge in [-0.1, -0.05) is 58.2 Å². The molecule has 0 amide bonds. The van der Waals surface area contributed by atoms with E-state index in [0.717, 1.165) is 33.0 Å². The summed E-state index contributed by atoms with van der Waals surface area (Å²) in [6, 6.07) is 14.0. The van der Waals surface area contributed by atoms with Crippen molar-refractivity contribution in [2.75, 3.05) is 6.54 Å². The maximum Gasteiger partial charge on any atom is 0.0577 e. The number of benzene rings is 2. The van der Waals surface area contributed by atoms with Crippen molar-refractivity contribution in [2.24, 2.45) is 0 Å². The van der Waals surface area contributed by atoms with Crippen LogP contribution in [0.25, 0.3) is 0 Å². The first-order chi connectivity index (χ1) is 9.60. The fourth-order valence-electron chi connectivity index (χ4n) is 2.11. The lowest BCUT2D eigenvalue weighted by Gasteiger charge is -2.20. The van der Waals surface area contributed by atoms with E-state index in [-0.39, 0.29) is 6.04 Å². The number of halogens is 3. The Morgan fingerprint density at radius 2 is 1.70 bits per heavy atom. The Hall–Kier alpha value is -0.540. The van der Waals surface area contributed by atoms with Crippen LogP contribution in [0.2, 0.25) is 10.0 Å². The van der Waals surface area contributed by atoms with E-state index in [0.29, 0.717) is 0 Å². The molecule has 1 nitrogen and oxygen atoms in total. The largest absolute Gasteiger partial charge is 0.306 e. The summed E-state index contributed by atoms with van der Waals surface area (Å²) in [5.41, 5.74) is 2.32. The third kappa shape index (κ3) is 4.23. The average Bonchev–Trinajstić information content (AvgIpc) is 2.40. The maximum atomic E-state index is 6.16. The summed E-state index contributed by atoms with van der Waals surface area (Å²) >= 11 is 15.6. The van der Waals surface area contributed by atoms with Gasteiger partial charge in [-0.05, 0) is 54.4 Å². The molecule has 0 aliphatic rings. The first-order valence-electron chi connectivity index (χ1n) is 6.55. The number of hydrogen-bond donors (Lipinski definition) is 1. The monoisotopic (exact) mass is 371 g/mol. The molecule has 0 spiro atoms. The van der Waals surface area contributed by atoms with Gasteiger partial charge in [0.25, 0.3) is 0 Å². The van der Waals surface area contributed by atoms with Gasteiger partial charge >= 0.3 is 0 Å². The van der Waals surface area contributed by atoms with Gasteiger partial charge in [0.05, 0.1) is 6.04 Å². The van der Waals surface area contributed by atoms with Crippen LogP contribution in [-0.4, -0.2) is 6.54 Å². The van der Waals surface area contributed by atoms with Crippen molar-refractivity contribution in [1.29, 1.82) is 0 Å². The quantitative estimate of drug-likeness (QED) is 0.694. The van der Waals surface area contributed by atoms with E-state index in [9.17, 15) is 0 Å². The molecule has 1 unspecified atom stereocenters. The van der Waals surface area contributed by atoms with Crippen molar-refractivity contribution in [3.63, 3.8) is 0 Å². The summed E-state index contributed by atoms with van der Waals surface area (Å²) in [6.07, 6.45) is 1.08. The van der Waals surface area contributed by atoms with Gasteiger partial charge in [-0.2, -0.15) is 0 Å². The van der Waals surface area contributed by atoms with Crippen molar-refractivity contribution < 1.29 is 0 Å². The van der Waals surface area contributed by atoms with E-state index in [4.69, 9.17) is 23.2 Å². The highest BCUT2D eigenvalue weighted by Crippen LogP contribution is 2.28. The molecule has 1 N–H and O–H groups in total. The second-order valence-electron chi connectivity index (χ2n) is 4.64. The van der Waals surface area contributed by atoms with E-state index in [1.54, 1.807) is 0 Å². The minimum absolute atomic E-state index is 0.113. The lowest BCUT2D eigenvalue weighted by atomic mass is 9.98. The number of hydrogen-bond acceptors (Lipinski definition) is 1. The Balaban J connectivity index is 2.38. The summed E-state index contributed by atoms with van der Waals surface area (Å²) in [5, 5.41) is 5.03. The molecule has 2 aromatic rings. The van der Waals surface area contributed by atoms with Gasteiger partial charge in [0.1, 0.15) is 0 Å². The standard InChI is InChI=1S/C16H16BrCl2N/c1-2-7-20-16(11-3-5-14(18)6-4-11)12-8-13(17)10-15(19)9-12/h3-6,8-10,16,20H,2,7H2,1H3. The molecular weight excluding hydrogens is 357 g/mol. The molecule has 0 fully saturated rings. The molecule has 0 saturated heterocycles. The van der Waals surface area contributed by atoms with Crippen LogP contribution in [0, 0.1) is 0 Å². The first-order valence-corrected chi connectivity index (χ1v) is 8.10. The minimum atomic E-state index is 0.113. The molecule has 0 aliphatic heterocycles. The van der Waals surface area contributed by atoms with Crippen LogP contribution in [0.4, 0.5) is 0 Å².